The summed E-state index contributed by atoms with van der Waals surface area (Å²) in [5, 5.41) is 11.7. The molecule has 1 fully saturated rings. The number of halogens is 3. The summed E-state index contributed by atoms with van der Waals surface area (Å²) in [6, 6.07) is 1.91. The molecule has 1 amide bonds. The molecular weight excluding hydrogens is 275 g/mol. The van der Waals surface area contributed by atoms with Crippen LogP contribution in [0.3, 0.4) is 0 Å². The highest BCUT2D eigenvalue weighted by molar-refractivity contribution is 5.94. The Hall–Kier alpha value is -2.12. The minimum absolute atomic E-state index is 0.0256. The lowest BCUT2D eigenvalue weighted by Gasteiger charge is -2.26. The molecule has 1 aromatic rings. The third-order valence-corrected chi connectivity index (χ3v) is 3.08. The van der Waals surface area contributed by atoms with Gasteiger partial charge in [0.25, 0.3) is 5.91 Å². The number of piperidine rings is 1. The molecule has 108 valence electrons. The zero-order valence-corrected chi connectivity index (χ0v) is 10.4. The van der Waals surface area contributed by atoms with Crippen molar-refractivity contribution in [3.8, 4) is 0 Å². The molecule has 0 saturated carbocycles. The van der Waals surface area contributed by atoms with E-state index in [0.29, 0.717) is 37.8 Å². The van der Waals surface area contributed by atoms with Crippen LogP contribution in [0.15, 0.2) is 23.5 Å². The number of amides is 1. The smallest absolute Gasteiger partial charge is 0.411 e. The lowest BCUT2D eigenvalue weighted by Crippen LogP contribution is -2.39. The summed E-state index contributed by atoms with van der Waals surface area (Å²) in [5.41, 5.74) is -0.306. The van der Waals surface area contributed by atoms with Gasteiger partial charge in [-0.2, -0.15) is 13.2 Å². The van der Waals surface area contributed by atoms with Gasteiger partial charge in [0.2, 0.25) is 0 Å². The van der Waals surface area contributed by atoms with Gasteiger partial charge in [-0.25, -0.2) is 0 Å². The van der Waals surface area contributed by atoms with Crippen molar-refractivity contribution in [3.05, 3.63) is 29.6 Å². The fraction of sp³-hybridized carbons (Fsp3) is 0.417. The first-order chi connectivity index (χ1) is 9.41. The van der Waals surface area contributed by atoms with Gasteiger partial charge >= 0.3 is 6.18 Å². The molecule has 0 aliphatic carbocycles. The van der Waals surface area contributed by atoms with Gasteiger partial charge in [-0.3, -0.25) is 9.78 Å². The van der Waals surface area contributed by atoms with E-state index in [9.17, 15) is 18.0 Å². The number of aromatic nitrogens is 1. The lowest BCUT2D eigenvalue weighted by atomic mass is 10.1. The molecular formula is C12H12F3N3O2. The first-order valence-electron chi connectivity index (χ1n) is 5.94. The molecule has 1 aromatic heterocycles. The molecule has 0 aromatic carbocycles. The zero-order valence-electron chi connectivity index (χ0n) is 10.4. The molecule has 0 spiro atoms. The van der Waals surface area contributed by atoms with Crippen LogP contribution in [0.25, 0.3) is 0 Å². The molecule has 0 bridgehead atoms. The summed E-state index contributed by atoms with van der Waals surface area (Å²) in [6.07, 6.45) is -2.92. The summed E-state index contributed by atoms with van der Waals surface area (Å²) in [4.78, 5) is 17.1. The summed E-state index contributed by atoms with van der Waals surface area (Å²) in [5.74, 6) is -0.421. The largest absolute Gasteiger partial charge is 0.417 e. The Morgan fingerprint density at radius 2 is 1.95 bits per heavy atom. The number of oxime groups is 1. The van der Waals surface area contributed by atoms with Crippen LogP contribution in [0.4, 0.5) is 13.2 Å². The van der Waals surface area contributed by atoms with E-state index in [0.717, 1.165) is 12.1 Å². The summed E-state index contributed by atoms with van der Waals surface area (Å²) >= 11 is 0. The van der Waals surface area contributed by atoms with E-state index in [1.54, 1.807) is 0 Å². The predicted molar refractivity (Wildman–Crippen MR) is 63.6 cm³/mol. The number of hydrogen-bond acceptors (Lipinski definition) is 4. The van der Waals surface area contributed by atoms with Gasteiger partial charge in [0.1, 0.15) is 5.69 Å². The Balaban J connectivity index is 2.07. The SMILES string of the molecule is O=C(c1ccc(C(F)(F)F)cn1)N1CCC(=NO)CC1. The number of carbonyl (C=O) groups is 1. The second-order valence-electron chi connectivity index (χ2n) is 4.39. The standard InChI is InChI=1S/C12H12F3N3O2/c13-12(14,15)8-1-2-10(16-7-8)11(19)18-5-3-9(17-20)4-6-18/h1-2,7,20H,3-6H2. The van der Waals surface area contributed by atoms with Crippen molar-refractivity contribution in [3.63, 3.8) is 0 Å². The Morgan fingerprint density at radius 1 is 1.30 bits per heavy atom. The summed E-state index contributed by atoms with van der Waals surface area (Å²) in [7, 11) is 0. The maximum absolute atomic E-state index is 12.4. The fourth-order valence-corrected chi connectivity index (χ4v) is 1.92. The first kappa shape index (κ1) is 14.3. The number of alkyl halides is 3. The molecule has 5 nitrogen and oxygen atoms in total. The zero-order chi connectivity index (χ0) is 14.8. The van der Waals surface area contributed by atoms with Crippen molar-refractivity contribution in [2.45, 2.75) is 19.0 Å². The van der Waals surface area contributed by atoms with E-state index in [4.69, 9.17) is 5.21 Å². The Morgan fingerprint density at radius 3 is 2.40 bits per heavy atom. The number of hydrogen-bond donors (Lipinski definition) is 1. The molecule has 1 aliphatic heterocycles. The van der Waals surface area contributed by atoms with E-state index >= 15 is 0 Å². The van der Waals surface area contributed by atoms with E-state index in [-0.39, 0.29) is 5.69 Å². The van der Waals surface area contributed by atoms with Crippen LogP contribution in [0.2, 0.25) is 0 Å². The third kappa shape index (κ3) is 3.06. The molecule has 0 atom stereocenters. The van der Waals surface area contributed by atoms with Gasteiger partial charge in [0.15, 0.2) is 0 Å². The van der Waals surface area contributed by atoms with Crippen LogP contribution in [0.1, 0.15) is 28.9 Å². The first-order valence-corrected chi connectivity index (χ1v) is 5.94. The van der Waals surface area contributed by atoms with Crippen molar-refractivity contribution < 1.29 is 23.2 Å². The molecule has 1 saturated heterocycles. The number of carbonyl (C=O) groups excluding carboxylic acids is 1. The van der Waals surface area contributed by atoms with Crippen LogP contribution in [-0.2, 0) is 6.18 Å². The lowest BCUT2D eigenvalue weighted by molar-refractivity contribution is -0.137. The summed E-state index contributed by atoms with van der Waals surface area (Å²) < 4.78 is 37.2. The Bertz CT molecular complexity index is 516. The minimum atomic E-state index is -4.47. The maximum Gasteiger partial charge on any atom is 0.417 e. The van der Waals surface area contributed by atoms with E-state index in [1.807, 2.05) is 0 Å². The van der Waals surface area contributed by atoms with Crippen molar-refractivity contribution >= 4 is 11.6 Å². The molecule has 0 radical (unpaired) electrons. The molecule has 1 aliphatic rings. The second kappa shape index (κ2) is 5.48. The highest BCUT2D eigenvalue weighted by Gasteiger charge is 2.31. The highest BCUT2D eigenvalue weighted by atomic mass is 19.4. The van der Waals surface area contributed by atoms with Gasteiger partial charge < -0.3 is 10.1 Å². The van der Waals surface area contributed by atoms with Crippen LogP contribution < -0.4 is 0 Å². The molecule has 2 heterocycles. The number of rotatable bonds is 1. The quantitative estimate of drug-likeness (QED) is 0.636. The summed E-state index contributed by atoms with van der Waals surface area (Å²) in [6.45, 7) is 0.724. The number of pyridine rings is 1. The van der Waals surface area contributed by atoms with Gasteiger partial charge in [0, 0.05) is 32.1 Å². The van der Waals surface area contributed by atoms with Gasteiger partial charge in [-0.15, -0.1) is 0 Å². The van der Waals surface area contributed by atoms with Crippen LogP contribution >= 0.6 is 0 Å². The molecule has 2 rings (SSSR count). The number of likely N-dealkylation sites (tertiary alicyclic amines) is 1. The average Bonchev–Trinajstić information content (AvgIpc) is 2.46. The van der Waals surface area contributed by atoms with Gasteiger partial charge in [0.05, 0.1) is 11.3 Å². The minimum Gasteiger partial charge on any atom is -0.411 e. The fourth-order valence-electron chi connectivity index (χ4n) is 1.92. The van der Waals surface area contributed by atoms with Crippen molar-refractivity contribution in [1.82, 2.24) is 9.88 Å². The predicted octanol–water partition coefficient (Wildman–Crippen LogP) is 2.17. The van der Waals surface area contributed by atoms with E-state index in [2.05, 4.69) is 10.1 Å². The van der Waals surface area contributed by atoms with Gasteiger partial charge in [-0.1, -0.05) is 5.16 Å². The Labute approximate surface area is 112 Å². The van der Waals surface area contributed by atoms with E-state index in [1.165, 1.54) is 4.90 Å². The highest BCUT2D eigenvalue weighted by Crippen LogP contribution is 2.28. The van der Waals surface area contributed by atoms with Crippen molar-refractivity contribution in [1.29, 1.82) is 0 Å². The van der Waals surface area contributed by atoms with E-state index < -0.39 is 17.6 Å². The topological polar surface area (TPSA) is 65.8 Å². The normalized spacial score (nSPS) is 16.1. The molecule has 0 unspecified atom stereocenters. The van der Waals surface area contributed by atoms with Crippen LogP contribution in [-0.4, -0.2) is 39.8 Å². The van der Waals surface area contributed by atoms with Crippen molar-refractivity contribution in [2.24, 2.45) is 5.16 Å². The average molecular weight is 287 g/mol. The molecule has 8 heteroatoms. The number of nitrogens with zero attached hydrogens (tertiary/aromatic N) is 3. The van der Waals surface area contributed by atoms with Crippen molar-refractivity contribution in [2.75, 3.05) is 13.1 Å². The maximum atomic E-state index is 12.4. The van der Waals surface area contributed by atoms with Crippen LogP contribution in [0, 0.1) is 0 Å². The molecule has 20 heavy (non-hydrogen) atoms. The second-order valence-corrected chi connectivity index (χ2v) is 4.39. The van der Waals surface area contributed by atoms with Gasteiger partial charge in [-0.05, 0) is 12.1 Å². The monoisotopic (exact) mass is 287 g/mol. The van der Waals surface area contributed by atoms with Crippen LogP contribution in [0.5, 0.6) is 0 Å². The Kier molecular flexibility index (Phi) is 3.91. The third-order valence-electron chi connectivity index (χ3n) is 3.08. The molecule has 1 N–H and O–H groups in total.